The van der Waals surface area contributed by atoms with Crippen LogP contribution in [0.5, 0.6) is 0 Å². The third-order valence-corrected chi connectivity index (χ3v) is 4.59. The van der Waals surface area contributed by atoms with Crippen molar-refractivity contribution in [3.05, 3.63) is 70.5 Å². The maximum Gasteiger partial charge on any atom is 0.253 e. The van der Waals surface area contributed by atoms with Crippen LogP contribution in [0, 0.1) is 12.7 Å². The number of hydrogen-bond donors (Lipinski definition) is 0. The number of amides is 1. The largest absolute Gasteiger partial charge is 0.376 e. The van der Waals surface area contributed by atoms with Crippen LogP contribution in [0.1, 0.15) is 27.0 Å². The minimum atomic E-state index is -0.224. The molecule has 0 unspecified atom stereocenters. The quantitative estimate of drug-likeness (QED) is 0.825. The number of carbonyl (C=O) groups is 1. The number of likely N-dealkylation sites (N-methyl/N-ethyl adjacent to an activating group) is 1. The molecule has 138 valence electrons. The molecule has 0 bridgehead atoms. The zero-order valence-electron chi connectivity index (χ0n) is 15.2. The van der Waals surface area contributed by atoms with Gasteiger partial charge in [-0.25, -0.2) is 4.39 Å². The molecule has 0 radical (unpaired) electrons. The van der Waals surface area contributed by atoms with Gasteiger partial charge in [0.1, 0.15) is 5.82 Å². The van der Waals surface area contributed by atoms with E-state index in [0.717, 1.165) is 11.1 Å². The highest BCUT2D eigenvalue weighted by atomic mass is 19.1. The number of benzene rings is 2. The second-order valence-electron chi connectivity index (χ2n) is 6.67. The van der Waals surface area contributed by atoms with E-state index in [1.54, 1.807) is 24.9 Å². The third kappa shape index (κ3) is 4.48. The minimum absolute atomic E-state index is 0.0673. The standard InChI is InChI=1S/C21H24FNO3/c1-15-7-8-16(12-20(15)22)11-17-5-3-4-6-19(17)21(24)23(2)13-18-14-25-9-10-26-18/h3-8,12,18H,9-11,13-14H2,1-2H3/t18-/m0/s1. The summed E-state index contributed by atoms with van der Waals surface area (Å²) in [5.74, 6) is -0.291. The van der Waals surface area contributed by atoms with Crippen molar-refractivity contribution in [2.45, 2.75) is 19.4 Å². The van der Waals surface area contributed by atoms with E-state index in [1.807, 2.05) is 30.3 Å². The summed E-state index contributed by atoms with van der Waals surface area (Å²) < 4.78 is 24.8. The molecule has 5 heteroatoms. The summed E-state index contributed by atoms with van der Waals surface area (Å²) in [7, 11) is 1.77. The molecule has 4 nitrogen and oxygen atoms in total. The zero-order valence-corrected chi connectivity index (χ0v) is 15.2. The first-order chi connectivity index (χ1) is 12.5. The SMILES string of the molecule is Cc1ccc(Cc2ccccc2C(=O)N(C)C[C@H]2COCCO2)cc1F. The van der Waals surface area contributed by atoms with Gasteiger partial charge in [-0.05, 0) is 42.2 Å². The molecule has 2 aromatic rings. The molecule has 0 saturated carbocycles. The van der Waals surface area contributed by atoms with Crippen LogP contribution in [-0.2, 0) is 15.9 Å². The molecule has 1 atom stereocenters. The molecule has 0 aromatic heterocycles. The van der Waals surface area contributed by atoms with Gasteiger partial charge in [-0.1, -0.05) is 30.3 Å². The smallest absolute Gasteiger partial charge is 0.253 e. The summed E-state index contributed by atoms with van der Waals surface area (Å²) in [5, 5.41) is 0. The fourth-order valence-electron chi connectivity index (χ4n) is 3.09. The Kier molecular flexibility index (Phi) is 6.01. The average molecular weight is 357 g/mol. The molecule has 1 aliphatic rings. The molecule has 0 spiro atoms. The lowest BCUT2D eigenvalue weighted by atomic mass is 9.98. The highest BCUT2D eigenvalue weighted by Crippen LogP contribution is 2.18. The minimum Gasteiger partial charge on any atom is -0.376 e. The molecular weight excluding hydrogens is 333 g/mol. The Labute approximate surface area is 153 Å². The molecule has 3 rings (SSSR count). The van der Waals surface area contributed by atoms with E-state index in [1.165, 1.54) is 6.07 Å². The van der Waals surface area contributed by atoms with Gasteiger partial charge < -0.3 is 14.4 Å². The number of carbonyl (C=O) groups excluding carboxylic acids is 1. The Morgan fingerprint density at radius 3 is 2.77 bits per heavy atom. The van der Waals surface area contributed by atoms with Crippen molar-refractivity contribution in [1.82, 2.24) is 4.90 Å². The monoisotopic (exact) mass is 357 g/mol. The predicted molar refractivity (Wildman–Crippen MR) is 97.9 cm³/mol. The molecule has 26 heavy (non-hydrogen) atoms. The molecule has 1 heterocycles. The highest BCUT2D eigenvalue weighted by molar-refractivity contribution is 5.95. The number of rotatable bonds is 5. The Hall–Kier alpha value is -2.24. The van der Waals surface area contributed by atoms with Gasteiger partial charge in [-0.15, -0.1) is 0 Å². The van der Waals surface area contributed by atoms with Crippen LogP contribution >= 0.6 is 0 Å². The van der Waals surface area contributed by atoms with Crippen LogP contribution in [-0.4, -0.2) is 50.3 Å². The van der Waals surface area contributed by atoms with Crippen molar-refractivity contribution in [2.24, 2.45) is 0 Å². The van der Waals surface area contributed by atoms with E-state index in [4.69, 9.17) is 9.47 Å². The van der Waals surface area contributed by atoms with E-state index in [2.05, 4.69) is 0 Å². The number of ether oxygens (including phenoxy) is 2. The van der Waals surface area contributed by atoms with E-state index in [-0.39, 0.29) is 17.8 Å². The first kappa shape index (κ1) is 18.5. The summed E-state index contributed by atoms with van der Waals surface area (Å²) in [5.41, 5.74) is 2.98. The molecule has 0 aliphatic carbocycles. The second-order valence-corrected chi connectivity index (χ2v) is 6.67. The highest BCUT2D eigenvalue weighted by Gasteiger charge is 2.21. The van der Waals surface area contributed by atoms with E-state index in [9.17, 15) is 9.18 Å². The molecule has 1 fully saturated rings. The van der Waals surface area contributed by atoms with Gasteiger partial charge in [0.05, 0.1) is 25.9 Å². The molecule has 0 N–H and O–H groups in total. The van der Waals surface area contributed by atoms with Crippen LogP contribution in [0.3, 0.4) is 0 Å². The number of nitrogens with zero attached hydrogens (tertiary/aromatic N) is 1. The Balaban J connectivity index is 1.74. The summed E-state index contributed by atoms with van der Waals surface area (Å²) >= 11 is 0. The Morgan fingerprint density at radius 2 is 2.04 bits per heavy atom. The van der Waals surface area contributed by atoms with E-state index < -0.39 is 0 Å². The lowest BCUT2D eigenvalue weighted by molar-refractivity contribution is -0.0933. The van der Waals surface area contributed by atoms with Gasteiger partial charge >= 0.3 is 0 Å². The molecular formula is C21H24FNO3. The predicted octanol–water partition coefficient (Wildman–Crippen LogP) is 3.21. The third-order valence-electron chi connectivity index (χ3n) is 4.59. The van der Waals surface area contributed by atoms with Crippen LogP contribution in [0.2, 0.25) is 0 Å². The lowest BCUT2D eigenvalue weighted by Gasteiger charge is -2.28. The maximum absolute atomic E-state index is 13.8. The van der Waals surface area contributed by atoms with Crippen molar-refractivity contribution < 1.29 is 18.7 Å². The normalized spacial score (nSPS) is 17.1. The Bertz CT molecular complexity index is 772. The van der Waals surface area contributed by atoms with Crippen molar-refractivity contribution in [2.75, 3.05) is 33.4 Å². The van der Waals surface area contributed by atoms with E-state index in [0.29, 0.717) is 43.9 Å². The average Bonchev–Trinajstić information content (AvgIpc) is 2.65. The van der Waals surface area contributed by atoms with Crippen molar-refractivity contribution >= 4 is 5.91 Å². The number of hydrogen-bond acceptors (Lipinski definition) is 3. The maximum atomic E-state index is 13.8. The molecule has 1 amide bonds. The zero-order chi connectivity index (χ0) is 18.5. The molecule has 2 aromatic carbocycles. The van der Waals surface area contributed by atoms with Crippen LogP contribution in [0.15, 0.2) is 42.5 Å². The molecule has 1 saturated heterocycles. The van der Waals surface area contributed by atoms with Crippen LogP contribution in [0.4, 0.5) is 4.39 Å². The lowest BCUT2D eigenvalue weighted by Crippen LogP contribution is -2.41. The fraction of sp³-hybridized carbons (Fsp3) is 0.381. The van der Waals surface area contributed by atoms with Crippen molar-refractivity contribution in [3.63, 3.8) is 0 Å². The fourth-order valence-corrected chi connectivity index (χ4v) is 3.09. The van der Waals surface area contributed by atoms with Crippen LogP contribution < -0.4 is 0 Å². The van der Waals surface area contributed by atoms with E-state index >= 15 is 0 Å². The number of aryl methyl sites for hydroxylation is 1. The van der Waals surface area contributed by atoms with Gasteiger partial charge in [0.15, 0.2) is 0 Å². The topological polar surface area (TPSA) is 38.8 Å². The summed E-state index contributed by atoms with van der Waals surface area (Å²) in [6, 6.07) is 12.7. The van der Waals surface area contributed by atoms with Gasteiger partial charge in [0.25, 0.3) is 5.91 Å². The van der Waals surface area contributed by atoms with Gasteiger partial charge in [0.2, 0.25) is 0 Å². The summed E-state index contributed by atoms with van der Waals surface area (Å²) in [6.45, 7) is 3.88. The first-order valence-electron chi connectivity index (χ1n) is 8.82. The summed E-state index contributed by atoms with van der Waals surface area (Å²) in [4.78, 5) is 14.6. The van der Waals surface area contributed by atoms with Crippen molar-refractivity contribution in [1.29, 1.82) is 0 Å². The molecule has 1 aliphatic heterocycles. The van der Waals surface area contributed by atoms with Crippen molar-refractivity contribution in [3.8, 4) is 0 Å². The Morgan fingerprint density at radius 1 is 1.23 bits per heavy atom. The van der Waals surface area contributed by atoms with Crippen LogP contribution in [0.25, 0.3) is 0 Å². The van der Waals surface area contributed by atoms with Gasteiger partial charge in [0, 0.05) is 19.2 Å². The van der Waals surface area contributed by atoms with Gasteiger partial charge in [-0.2, -0.15) is 0 Å². The van der Waals surface area contributed by atoms with Gasteiger partial charge in [-0.3, -0.25) is 4.79 Å². The second kappa shape index (κ2) is 8.43. The number of halogens is 1. The first-order valence-corrected chi connectivity index (χ1v) is 8.82. The summed E-state index contributed by atoms with van der Waals surface area (Å²) in [6.07, 6.45) is 0.409.